The molecule has 1 N–H and O–H groups in total. The van der Waals surface area contributed by atoms with Crippen LogP contribution in [0.5, 0.6) is 0 Å². The van der Waals surface area contributed by atoms with Crippen LogP contribution in [0.2, 0.25) is 0 Å². The van der Waals surface area contributed by atoms with Crippen LogP contribution in [0.4, 0.5) is 0 Å². The summed E-state index contributed by atoms with van der Waals surface area (Å²) in [5.41, 5.74) is 0. The lowest BCUT2D eigenvalue weighted by molar-refractivity contribution is 0.0962. The number of hydrogen-bond donors (Lipinski definition) is 1. The van der Waals surface area contributed by atoms with Crippen LogP contribution in [0, 0.1) is 11.3 Å². The van der Waals surface area contributed by atoms with Crippen LogP contribution < -0.4 is 5.32 Å². The predicted octanol–water partition coefficient (Wildman–Crippen LogP) is 1.44. The molecule has 0 amide bonds. The number of piperazine rings is 1. The van der Waals surface area contributed by atoms with Gasteiger partial charge in [0.15, 0.2) is 0 Å². The van der Waals surface area contributed by atoms with Gasteiger partial charge in [-0.2, -0.15) is 5.26 Å². The molecule has 1 aliphatic heterocycles. The van der Waals surface area contributed by atoms with E-state index in [2.05, 4.69) is 28.1 Å². The maximum absolute atomic E-state index is 9.03. The SMILES string of the molecule is CCNC(C#N)CCN1CCN(C2CCCC2)CC1. The molecule has 1 atom stereocenters. The highest BCUT2D eigenvalue weighted by atomic mass is 15.3. The van der Waals surface area contributed by atoms with Crippen molar-refractivity contribution in [1.29, 1.82) is 5.26 Å². The first-order chi connectivity index (χ1) is 9.33. The van der Waals surface area contributed by atoms with Gasteiger partial charge in [-0.25, -0.2) is 0 Å². The first-order valence-corrected chi connectivity index (χ1v) is 7.93. The topological polar surface area (TPSA) is 42.3 Å². The Hall–Kier alpha value is -0.630. The molecule has 2 rings (SSSR count). The molecule has 0 bridgehead atoms. The summed E-state index contributed by atoms with van der Waals surface area (Å²) in [6.07, 6.45) is 6.64. The van der Waals surface area contributed by atoms with Crippen LogP contribution in [0.1, 0.15) is 39.0 Å². The van der Waals surface area contributed by atoms with Crippen molar-refractivity contribution in [2.24, 2.45) is 0 Å². The van der Waals surface area contributed by atoms with E-state index in [1.165, 1.54) is 51.9 Å². The zero-order valence-electron chi connectivity index (χ0n) is 12.3. The zero-order valence-corrected chi connectivity index (χ0v) is 12.3. The van der Waals surface area contributed by atoms with Gasteiger partial charge in [-0.3, -0.25) is 4.90 Å². The van der Waals surface area contributed by atoms with Gasteiger partial charge in [0.1, 0.15) is 0 Å². The maximum Gasteiger partial charge on any atom is 0.0965 e. The average molecular weight is 264 g/mol. The molecule has 4 nitrogen and oxygen atoms in total. The van der Waals surface area contributed by atoms with Crippen molar-refractivity contribution in [3.05, 3.63) is 0 Å². The second-order valence-electron chi connectivity index (χ2n) is 5.84. The van der Waals surface area contributed by atoms with Crippen molar-refractivity contribution in [1.82, 2.24) is 15.1 Å². The lowest BCUT2D eigenvalue weighted by Gasteiger charge is -2.38. The summed E-state index contributed by atoms with van der Waals surface area (Å²) in [7, 11) is 0. The molecule has 1 heterocycles. The van der Waals surface area contributed by atoms with Crippen molar-refractivity contribution in [2.45, 2.75) is 51.1 Å². The summed E-state index contributed by atoms with van der Waals surface area (Å²) in [5, 5.41) is 12.3. The quantitative estimate of drug-likeness (QED) is 0.788. The van der Waals surface area contributed by atoms with Crippen LogP contribution in [-0.4, -0.2) is 61.2 Å². The third-order valence-electron chi connectivity index (χ3n) is 4.59. The van der Waals surface area contributed by atoms with Crippen LogP contribution in [-0.2, 0) is 0 Å². The smallest absolute Gasteiger partial charge is 0.0965 e. The Morgan fingerprint density at radius 2 is 1.89 bits per heavy atom. The van der Waals surface area contributed by atoms with Gasteiger partial charge in [0.05, 0.1) is 12.1 Å². The normalized spacial score (nSPS) is 24.4. The monoisotopic (exact) mass is 264 g/mol. The van der Waals surface area contributed by atoms with Crippen molar-refractivity contribution in [3.63, 3.8) is 0 Å². The number of nitrogens with zero attached hydrogens (tertiary/aromatic N) is 3. The molecule has 2 fully saturated rings. The Kier molecular flexibility index (Phi) is 6.09. The molecular formula is C15H28N4. The average Bonchev–Trinajstić information content (AvgIpc) is 2.98. The third kappa shape index (κ3) is 4.45. The van der Waals surface area contributed by atoms with Crippen LogP contribution in [0.15, 0.2) is 0 Å². The molecule has 1 saturated heterocycles. The molecule has 4 heteroatoms. The van der Waals surface area contributed by atoms with E-state index in [0.29, 0.717) is 0 Å². The van der Waals surface area contributed by atoms with Crippen molar-refractivity contribution < 1.29 is 0 Å². The number of hydrogen-bond acceptors (Lipinski definition) is 4. The van der Waals surface area contributed by atoms with Gasteiger partial charge in [0, 0.05) is 38.8 Å². The number of rotatable bonds is 6. The molecule has 0 aromatic heterocycles. The molecule has 108 valence electrons. The maximum atomic E-state index is 9.03. The van der Waals surface area contributed by atoms with E-state index < -0.39 is 0 Å². The molecule has 0 aromatic rings. The highest BCUT2D eigenvalue weighted by Gasteiger charge is 2.26. The summed E-state index contributed by atoms with van der Waals surface area (Å²) >= 11 is 0. The Balaban J connectivity index is 1.64. The van der Waals surface area contributed by atoms with E-state index >= 15 is 0 Å². The summed E-state index contributed by atoms with van der Waals surface area (Å²) in [6, 6.07) is 3.24. The van der Waals surface area contributed by atoms with Gasteiger partial charge in [0.2, 0.25) is 0 Å². The molecule has 0 aromatic carbocycles. The van der Waals surface area contributed by atoms with Crippen LogP contribution >= 0.6 is 0 Å². The van der Waals surface area contributed by atoms with Gasteiger partial charge < -0.3 is 10.2 Å². The minimum Gasteiger partial charge on any atom is -0.302 e. The molecule has 0 radical (unpaired) electrons. The molecule has 1 saturated carbocycles. The molecule has 2 aliphatic rings. The molecule has 1 unspecified atom stereocenters. The van der Waals surface area contributed by atoms with Gasteiger partial charge >= 0.3 is 0 Å². The summed E-state index contributed by atoms with van der Waals surface area (Å²) in [4.78, 5) is 5.21. The highest BCUT2D eigenvalue weighted by molar-refractivity contribution is 4.90. The number of nitriles is 1. The van der Waals surface area contributed by atoms with Crippen molar-refractivity contribution in [2.75, 3.05) is 39.3 Å². The van der Waals surface area contributed by atoms with Gasteiger partial charge in [-0.1, -0.05) is 19.8 Å². The fourth-order valence-corrected chi connectivity index (χ4v) is 3.39. The van der Waals surface area contributed by atoms with Crippen molar-refractivity contribution >= 4 is 0 Å². The standard InChI is InChI=1S/C15H28N4/c1-2-17-14(13-16)7-8-18-9-11-19(12-10-18)15-5-3-4-6-15/h14-15,17H,2-12H2,1H3. The second-order valence-corrected chi connectivity index (χ2v) is 5.84. The third-order valence-corrected chi connectivity index (χ3v) is 4.59. The largest absolute Gasteiger partial charge is 0.302 e. The molecular weight excluding hydrogens is 236 g/mol. The van der Waals surface area contributed by atoms with Crippen molar-refractivity contribution in [3.8, 4) is 6.07 Å². The van der Waals surface area contributed by atoms with E-state index in [1.807, 2.05) is 0 Å². The summed E-state index contributed by atoms with van der Waals surface area (Å²) in [5.74, 6) is 0. The number of nitrogens with one attached hydrogen (secondary N) is 1. The second kappa shape index (κ2) is 7.84. The zero-order chi connectivity index (χ0) is 13.5. The Labute approximate surface area is 117 Å². The fraction of sp³-hybridized carbons (Fsp3) is 0.933. The first kappa shape index (κ1) is 14.8. The Morgan fingerprint density at radius 1 is 1.21 bits per heavy atom. The lowest BCUT2D eigenvalue weighted by atomic mass is 10.1. The van der Waals surface area contributed by atoms with E-state index in [0.717, 1.165) is 25.6 Å². The van der Waals surface area contributed by atoms with Gasteiger partial charge in [-0.15, -0.1) is 0 Å². The van der Waals surface area contributed by atoms with Crippen LogP contribution in [0.25, 0.3) is 0 Å². The van der Waals surface area contributed by atoms with Gasteiger partial charge in [0.25, 0.3) is 0 Å². The first-order valence-electron chi connectivity index (χ1n) is 7.93. The summed E-state index contributed by atoms with van der Waals surface area (Å²) in [6.45, 7) is 8.82. The minimum atomic E-state index is 0.0258. The molecule has 19 heavy (non-hydrogen) atoms. The van der Waals surface area contributed by atoms with E-state index in [1.54, 1.807) is 0 Å². The van der Waals surface area contributed by atoms with Gasteiger partial charge in [-0.05, 0) is 25.8 Å². The predicted molar refractivity (Wildman–Crippen MR) is 78.0 cm³/mol. The highest BCUT2D eigenvalue weighted by Crippen LogP contribution is 2.24. The molecule has 1 aliphatic carbocycles. The fourth-order valence-electron chi connectivity index (χ4n) is 3.39. The van der Waals surface area contributed by atoms with E-state index in [9.17, 15) is 0 Å². The van der Waals surface area contributed by atoms with E-state index in [4.69, 9.17) is 5.26 Å². The van der Waals surface area contributed by atoms with E-state index in [-0.39, 0.29) is 6.04 Å². The Morgan fingerprint density at radius 3 is 2.47 bits per heavy atom. The molecule has 0 spiro atoms. The summed E-state index contributed by atoms with van der Waals surface area (Å²) < 4.78 is 0. The lowest BCUT2D eigenvalue weighted by Crippen LogP contribution is -2.50. The van der Waals surface area contributed by atoms with Crippen LogP contribution in [0.3, 0.4) is 0 Å². The Bertz CT molecular complexity index is 285. The minimum absolute atomic E-state index is 0.0258.